The van der Waals surface area contributed by atoms with Crippen molar-refractivity contribution >= 4 is 29.8 Å². The van der Waals surface area contributed by atoms with E-state index in [1.165, 1.54) is 15.6 Å². The van der Waals surface area contributed by atoms with Crippen LogP contribution in [0, 0.1) is 6.92 Å². The zero-order chi connectivity index (χ0) is 23.7. The fourth-order valence-corrected chi connectivity index (χ4v) is 3.01. The number of nitrogens with zero attached hydrogens (tertiary/aromatic N) is 3. The van der Waals surface area contributed by atoms with Crippen LogP contribution in [0.3, 0.4) is 0 Å². The van der Waals surface area contributed by atoms with Crippen molar-refractivity contribution < 1.29 is 28.7 Å². The third kappa shape index (κ3) is 6.01. The smallest absolute Gasteiger partial charge is 0.325 e. The van der Waals surface area contributed by atoms with Crippen LogP contribution in [-0.2, 0) is 25.6 Å². The molecule has 0 spiro atoms. The number of esters is 1. The van der Waals surface area contributed by atoms with Gasteiger partial charge in [0, 0.05) is 19.4 Å². The molecule has 1 aliphatic heterocycles. The molecule has 1 N–H and O–H groups in total. The third-order valence-electron chi connectivity index (χ3n) is 4.63. The monoisotopic (exact) mass is 444 g/mol. The summed E-state index contributed by atoms with van der Waals surface area (Å²) in [6.07, 6.45) is 0.546. The van der Waals surface area contributed by atoms with Gasteiger partial charge < -0.3 is 14.8 Å². The molecular weight excluding hydrogens is 416 g/mol. The first-order chi connectivity index (χ1) is 15.4. The lowest BCUT2D eigenvalue weighted by molar-refractivity contribution is -0.143. The first-order valence-electron chi connectivity index (χ1n) is 10.2. The van der Waals surface area contributed by atoms with Crippen molar-refractivity contribution in [1.29, 1.82) is 0 Å². The van der Waals surface area contributed by atoms with Crippen LogP contribution in [0.15, 0.2) is 30.3 Å². The molecule has 0 fully saturated rings. The number of nitrogens with one attached hydrogen (secondary N) is 1. The molecule has 10 nitrogen and oxygen atoms in total. The van der Waals surface area contributed by atoms with Gasteiger partial charge in [-0.15, -0.1) is 0 Å². The lowest BCUT2D eigenvalue weighted by Gasteiger charge is -2.34. The number of aryl methyl sites for hydroxylation is 1. The maximum atomic E-state index is 13.1. The largest absolute Gasteiger partial charge is 0.465 e. The Labute approximate surface area is 186 Å². The first kappa shape index (κ1) is 24.7. The second-order valence-electron chi connectivity index (χ2n) is 6.88. The van der Waals surface area contributed by atoms with Crippen LogP contribution in [-0.4, -0.2) is 66.8 Å². The number of amides is 2. The number of anilines is 1. The molecule has 1 aliphatic rings. The summed E-state index contributed by atoms with van der Waals surface area (Å²) >= 11 is 0. The maximum Gasteiger partial charge on any atom is 0.325 e. The van der Waals surface area contributed by atoms with Crippen LogP contribution in [0.5, 0.6) is 0 Å². The number of hydrogen-bond donors (Lipinski definition) is 1. The van der Waals surface area contributed by atoms with E-state index in [0.717, 1.165) is 12.2 Å². The van der Waals surface area contributed by atoms with Crippen LogP contribution >= 0.6 is 0 Å². The number of benzene rings is 1. The summed E-state index contributed by atoms with van der Waals surface area (Å²) in [4.78, 5) is 49.8. The molecule has 2 heterocycles. The highest BCUT2D eigenvalue weighted by molar-refractivity contribution is 6.10. The van der Waals surface area contributed by atoms with E-state index in [0.29, 0.717) is 12.0 Å². The summed E-state index contributed by atoms with van der Waals surface area (Å²) in [6.45, 7) is 6.32. The Morgan fingerprint density at radius 1 is 1.22 bits per heavy atom. The normalized spacial score (nSPS) is 14.7. The highest BCUT2D eigenvalue weighted by Crippen LogP contribution is 2.26. The minimum absolute atomic E-state index is 0.0530. The highest BCUT2D eigenvalue weighted by atomic mass is 16.5. The predicted octanol–water partition coefficient (Wildman–Crippen LogP) is 1.37. The van der Waals surface area contributed by atoms with Crippen molar-refractivity contribution in [3.05, 3.63) is 47.3 Å². The van der Waals surface area contributed by atoms with Crippen LogP contribution in [0.2, 0.25) is 0 Å². The SMILES string of the molecule is CCOC.CCOC(=O)CNC(=O)C1Cn2nc(C=O)cc2C(=O)N1c1ccc(C)cc1. The van der Waals surface area contributed by atoms with Gasteiger partial charge in [-0.05, 0) is 39.0 Å². The Morgan fingerprint density at radius 3 is 2.44 bits per heavy atom. The summed E-state index contributed by atoms with van der Waals surface area (Å²) in [6, 6.07) is 7.61. The minimum Gasteiger partial charge on any atom is -0.465 e. The molecule has 10 heteroatoms. The van der Waals surface area contributed by atoms with Crippen molar-refractivity contribution in [2.24, 2.45) is 0 Å². The molecule has 2 amide bonds. The number of carbonyl (C=O) groups excluding carboxylic acids is 4. The van der Waals surface area contributed by atoms with Crippen LogP contribution in [0.1, 0.15) is 40.4 Å². The average Bonchev–Trinajstić information content (AvgIpc) is 3.22. The molecule has 0 saturated carbocycles. The van der Waals surface area contributed by atoms with Crippen LogP contribution in [0.4, 0.5) is 5.69 Å². The van der Waals surface area contributed by atoms with Gasteiger partial charge in [-0.25, -0.2) is 0 Å². The van der Waals surface area contributed by atoms with E-state index in [-0.39, 0.29) is 31.1 Å². The third-order valence-corrected chi connectivity index (χ3v) is 4.63. The fraction of sp³-hybridized carbons (Fsp3) is 0.409. The number of carbonyl (C=O) groups is 4. The molecule has 3 rings (SSSR count). The van der Waals surface area contributed by atoms with Gasteiger partial charge in [-0.1, -0.05) is 17.7 Å². The quantitative estimate of drug-likeness (QED) is 0.506. The number of ether oxygens (including phenoxy) is 2. The molecule has 0 saturated heterocycles. The molecule has 0 bridgehead atoms. The van der Waals surface area contributed by atoms with E-state index in [2.05, 4.69) is 15.2 Å². The molecule has 1 aromatic carbocycles. The van der Waals surface area contributed by atoms with E-state index in [1.54, 1.807) is 26.2 Å². The highest BCUT2D eigenvalue weighted by Gasteiger charge is 2.39. The average molecular weight is 444 g/mol. The fourth-order valence-electron chi connectivity index (χ4n) is 3.01. The topological polar surface area (TPSA) is 120 Å². The van der Waals surface area contributed by atoms with E-state index < -0.39 is 23.8 Å². The van der Waals surface area contributed by atoms with E-state index >= 15 is 0 Å². The Bertz CT molecular complexity index is 952. The van der Waals surface area contributed by atoms with Gasteiger partial charge in [0.2, 0.25) is 5.91 Å². The minimum atomic E-state index is -0.934. The van der Waals surface area contributed by atoms with E-state index in [1.807, 2.05) is 26.0 Å². The van der Waals surface area contributed by atoms with Gasteiger partial charge in [0.05, 0.1) is 13.2 Å². The number of fused-ring (bicyclic) bond motifs is 1. The second kappa shape index (κ2) is 11.8. The van der Waals surface area contributed by atoms with Gasteiger partial charge in [-0.2, -0.15) is 5.10 Å². The summed E-state index contributed by atoms with van der Waals surface area (Å²) < 4.78 is 10.7. The molecule has 172 valence electrons. The van der Waals surface area contributed by atoms with Gasteiger partial charge in [0.1, 0.15) is 24.0 Å². The van der Waals surface area contributed by atoms with Crippen molar-refractivity contribution in [2.45, 2.75) is 33.4 Å². The molecule has 1 unspecified atom stereocenters. The standard InChI is InChI=1S/C19H20N4O5.C3H8O/c1-3-28-17(25)9-20-18(26)16-10-22-15(8-13(11-24)21-22)19(27)23(16)14-6-4-12(2)5-7-14;1-3-4-2/h4-8,11,16H,3,9-10H2,1-2H3,(H,20,26);3H2,1-2H3. The summed E-state index contributed by atoms with van der Waals surface area (Å²) in [5.41, 5.74) is 1.87. The molecule has 1 aromatic heterocycles. The van der Waals surface area contributed by atoms with Gasteiger partial charge in [-0.3, -0.25) is 28.8 Å². The molecule has 1 atom stereocenters. The van der Waals surface area contributed by atoms with Crippen molar-refractivity contribution in [1.82, 2.24) is 15.1 Å². The predicted molar refractivity (Wildman–Crippen MR) is 117 cm³/mol. The number of aromatic nitrogens is 2. The molecule has 2 aromatic rings. The zero-order valence-corrected chi connectivity index (χ0v) is 18.7. The Morgan fingerprint density at radius 2 is 1.88 bits per heavy atom. The number of hydrogen-bond acceptors (Lipinski definition) is 7. The molecule has 32 heavy (non-hydrogen) atoms. The lowest BCUT2D eigenvalue weighted by Crippen LogP contribution is -2.56. The maximum absolute atomic E-state index is 13.1. The second-order valence-corrected chi connectivity index (χ2v) is 6.88. The van der Waals surface area contributed by atoms with Crippen LogP contribution in [0.25, 0.3) is 0 Å². The van der Waals surface area contributed by atoms with Crippen molar-refractivity contribution in [3.63, 3.8) is 0 Å². The van der Waals surface area contributed by atoms with Gasteiger partial charge in [0.15, 0.2) is 6.29 Å². The Kier molecular flexibility index (Phi) is 9.08. The van der Waals surface area contributed by atoms with Gasteiger partial charge in [0.25, 0.3) is 5.91 Å². The van der Waals surface area contributed by atoms with Crippen molar-refractivity contribution in [3.8, 4) is 0 Å². The van der Waals surface area contributed by atoms with E-state index in [4.69, 9.17) is 4.74 Å². The molecule has 0 radical (unpaired) electrons. The molecular formula is C22H28N4O6. The van der Waals surface area contributed by atoms with Crippen LogP contribution < -0.4 is 10.2 Å². The Balaban J connectivity index is 0.000000837. The first-order valence-corrected chi connectivity index (χ1v) is 10.2. The molecule has 0 aliphatic carbocycles. The van der Waals surface area contributed by atoms with Gasteiger partial charge >= 0.3 is 5.97 Å². The van der Waals surface area contributed by atoms with E-state index in [9.17, 15) is 19.2 Å². The van der Waals surface area contributed by atoms with Crippen molar-refractivity contribution in [2.75, 3.05) is 31.8 Å². The summed E-state index contributed by atoms with van der Waals surface area (Å²) in [5.74, 6) is -1.54. The number of aldehydes is 1. The summed E-state index contributed by atoms with van der Waals surface area (Å²) in [5, 5.41) is 6.55. The number of methoxy groups -OCH3 is 1. The lowest BCUT2D eigenvalue weighted by atomic mass is 10.1. The summed E-state index contributed by atoms with van der Waals surface area (Å²) in [7, 11) is 1.68. The zero-order valence-electron chi connectivity index (χ0n) is 18.7. The Hall–Kier alpha value is -3.53. The number of rotatable bonds is 7.